The summed E-state index contributed by atoms with van der Waals surface area (Å²) in [4.78, 5) is 12.5. The summed E-state index contributed by atoms with van der Waals surface area (Å²) in [5.74, 6) is 1.31. The molecule has 0 heterocycles. The van der Waals surface area contributed by atoms with Crippen molar-refractivity contribution in [3.63, 3.8) is 0 Å². The van der Waals surface area contributed by atoms with Gasteiger partial charge in [0.25, 0.3) is 0 Å². The molecule has 29 heavy (non-hydrogen) atoms. The molecule has 5 heteroatoms. The number of carbonyl (C=O) groups is 1. The zero-order valence-corrected chi connectivity index (χ0v) is 18.1. The third kappa shape index (κ3) is 6.36. The Bertz CT molecular complexity index is 850. The fourth-order valence-electron chi connectivity index (χ4n) is 3.18. The summed E-state index contributed by atoms with van der Waals surface area (Å²) < 4.78 is 22.3. The summed E-state index contributed by atoms with van der Waals surface area (Å²) in [6.45, 7) is 11.8. The van der Waals surface area contributed by atoms with E-state index in [0.717, 1.165) is 0 Å². The Kier molecular flexibility index (Phi) is 7.09. The first-order valence-electron chi connectivity index (χ1n) is 9.46. The second-order valence-corrected chi connectivity index (χ2v) is 8.02. The van der Waals surface area contributed by atoms with Crippen molar-refractivity contribution in [2.45, 2.75) is 45.3 Å². The van der Waals surface area contributed by atoms with Gasteiger partial charge in [-0.15, -0.1) is 0 Å². The molecule has 156 valence electrons. The van der Waals surface area contributed by atoms with Crippen molar-refractivity contribution in [1.82, 2.24) is 0 Å². The lowest BCUT2D eigenvalue weighted by Gasteiger charge is -2.34. The molecule has 5 nitrogen and oxygen atoms in total. The molecule has 0 aliphatic carbocycles. The highest BCUT2D eigenvalue weighted by atomic mass is 16.5. The highest BCUT2D eigenvalue weighted by Crippen LogP contribution is 2.29. The zero-order chi connectivity index (χ0) is 21.7. The smallest absolute Gasteiger partial charge is 0.343 e. The minimum Gasteiger partial charge on any atom is -0.497 e. The highest BCUT2D eigenvalue weighted by molar-refractivity contribution is 5.91. The molecule has 2 aromatic carbocycles. The third-order valence-electron chi connectivity index (χ3n) is 4.53. The minimum atomic E-state index is -0.454. The summed E-state index contributed by atoms with van der Waals surface area (Å²) in [6, 6.07) is 12.1. The van der Waals surface area contributed by atoms with Crippen molar-refractivity contribution in [3.05, 3.63) is 60.2 Å². The van der Waals surface area contributed by atoms with E-state index in [-0.39, 0.29) is 5.60 Å². The van der Waals surface area contributed by atoms with Crippen molar-refractivity contribution in [1.29, 1.82) is 0 Å². The second kappa shape index (κ2) is 9.14. The Balaban J connectivity index is 2.08. The largest absolute Gasteiger partial charge is 0.497 e. The number of esters is 1. The fourth-order valence-corrected chi connectivity index (χ4v) is 3.18. The lowest BCUT2D eigenvalue weighted by atomic mass is 9.92. The van der Waals surface area contributed by atoms with E-state index >= 15 is 0 Å². The first-order valence-corrected chi connectivity index (χ1v) is 9.46. The van der Waals surface area contributed by atoms with Crippen LogP contribution < -0.4 is 14.2 Å². The van der Waals surface area contributed by atoms with Gasteiger partial charge in [-0.05, 0) is 70.2 Å². The zero-order valence-electron chi connectivity index (χ0n) is 18.1. The molecule has 2 rings (SSSR count). The average molecular weight is 398 g/mol. The lowest BCUT2D eigenvalue weighted by Crippen LogP contribution is -2.38. The van der Waals surface area contributed by atoms with Gasteiger partial charge in [0.1, 0.15) is 22.8 Å². The average Bonchev–Trinajstić information content (AvgIpc) is 2.67. The molecule has 0 fully saturated rings. The maximum Gasteiger partial charge on any atom is 0.343 e. The molecule has 0 amide bonds. The summed E-state index contributed by atoms with van der Waals surface area (Å²) in [5, 5.41) is 0. The van der Waals surface area contributed by atoms with E-state index in [9.17, 15) is 4.79 Å². The summed E-state index contributed by atoms with van der Waals surface area (Å²) in [7, 11) is 3.27. The van der Waals surface area contributed by atoms with Crippen LogP contribution in [0.1, 0.15) is 50.0 Å². The molecule has 0 aliphatic rings. The van der Waals surface area contributed by atoms with Crippen molar-refractivity contribution in [2.75, 3.05) is 14.2 Å². The van der Waals surface area contributed by atoms with Crippen LogP contribution in [0.2, 0.25) is 0 Å². The van der Waals surface area contributed by atoms with Gasteiger partial charge in [-0.2, -0.15) is 0 Å². The number of benzene rings is 2. The van der Waals surface area contributed by atoms with Gasteiger partial charge in [-0.1, -0.05) is 12.7 Å². The van der Waals surface area contributed by atoms with Crippen LogP contribution in [0.3, 0.4) is 0 Å². The van der Waals surface area contributed by atoms with E-state index in [4.69, 9.17) is 18.9 Å². The number of rotatable bonds is 9. The van der Waals surface area contributed by atoms with Gasteiger partial charge in [0, 0.05) is 19.1 Å². The molecule has 0 spiro atoms. The van der Waals surface area contributed by atoms with Gasteiger partial charge in [0.2, 0.25) is 0 Å². The molecule has 2 aromatic rings. The molecule has 0 aliphatic heterocycles. The van der Waals surface area contributed by atoms with Crippen molar-refractivity contribution in [3.8, 4) is 17.2 Å². The van der Waals surface area contributed by atoms with Crippen LogP contribution in [0, 0.1) is 0 Å². The van der Waals surface area contributed by atoms with Crippen LogP contribution in [0.15, 0.2) is 49.0 Å². The standard InChI is InChI=1S/C24H30O5/c1-8-17-15-20(26-6)13-14-21(17)28-22(25)18-9-11-19(12-10-18)29-24(4,5)16-23(2,3)27-7/h8-15H,1,16H2,2-7H3. The number of hydrogen-bond acceptors (Lipinski definition) is 5. The van der Waals surface area contributed by atoms with Crippen molar-refractivity contribution >= 4 is 12.0 Å². The van der Waals surface area contributed by atoms with Gasteiger partial charge in [0.15, 0.2) is 0 Å². The molecule has 0 aromatic heterocycles. The summed E-state index contributed by atoms with van der Waals surface area (Å²) in [6.07, 6.45) is 2.33. The van der Waals surface area contributed by atoms with E-state index in [2.05, 4.69) is 6.58 Å². The molecule has 0 saturated carbocycles. The monoisotopic (exact) mass is 398 g/mol. The predicted molar refractivity (Wildman–Crippen MR) is 115 cm³/mol. The molecule has 0 saturated heterocycles. The third-order valence-corrected chi connectivity index (χ3v) is 4.53. The Morgan fingerprint density at radius 3 is 2.14 bits per heavy atom. The predicted octanol–water partition coefficient (Wildman–Crippen LogP) is 5.53. The number of ether oxygens (including phenoxy) is 4. The van der Waals surface area contributed by atoms with Crippen molar-refractivity contribution < 1.29 is 23.7 Å². The fraction of sp³-hybridized carbons (Fsp3) is 0.375. The Morgan fingerprint density at radius 2 is 1.59 bits per heavy atom. The molecule has 0 bridgehead atoms. The van der Waals surface area contributed by atoms with Crippen LogP contribution in [0.5, 0.6) is 17.2 Å². The van der Waals surface area contributed by atoms with E-state index in [1.807, 2.05) is 27.7 Å². The molecular formula is C24H30O5. The Hall–Kier alpha value is -2.79. The van der Waals surface area contributed by atoms with Gasteiger partial charge in [0.05, 0.1) is 18.3 Å². The topological polar surface area (TPSA) is 54.0 Å². The highest BCUT2D eigenvalue weighted by Gasteiger charge is 2.30. The summed E-state index contributed by atoms with van der Waals surface area (Å²) >= 11 is 0. The second-order valence-electron chi connectivity index (χ2n) is 8.02. The first-order chi connectivity index (χ1) is 13.6. The molecule has 0 atom stereocenters. The molecular weight excluding hydrogens is 368 g/mol. The maximum atomic E-state index is 12.5. The molecule has 0 unspecified atom stereocenters. The maximum absolute atomic E-state index is 12.5. The van der Waals surface area contributed by atoms with Gasteiger partial charge >= 0.3 is 5.97 Å². The number of hydrogen-bond donors (Lipinski definition) is 0. The van der Waals surface area contributed by atoms with E-state index in [0.29, 0.717) is 34.8 Å². The van der Waals surface area contributed by atoms with E-state index in [1.165, 1.54) is 0 Å². The van der Waals surface area contributed by atoms with Crippen LogP contribution >= 0.6 is 0 Å². The molecule has 0 radical (unpaired) electrons. The quantitative estimate of drug-likeness (QED) is 0.411. The number of carbonyl (C=O) groups excluding carboxylic acids is 1. The lowest BCUT2D eigenvalue weighted by molar-refractivity contribution is -0.0402. The Labute approximate surface area is 173 Å². The van der Waals surface area contributed by atoms with Crippen LogP contribution in [0.4, 0.5) is 0 Å². The van der Waals surface area contributed by atoms with Crippen LogP contribution in [0.25, 0.3) is 6.08 Å². The number of methoxy groups -OCH3 is 2. The van der Waals surface area contributed by atoms with E-state index < -0.39 is 11.6 Å². The van der Waals surface area contributed by atoms with E-state index in [1.54, 1.807) is 62.8 Å². The van der Waals surface area contributed by atoms with Gasteiger partial charge in [-0.3, -0.25) is 0 Å². The van der Waals surface area contributed by atoms with Gasteiger partial charge < -0.3 is 18.9 Å². The normalized spacial score (nSPS) is 11.7. The SMILES string of the molecule is C=Cc1cc(OC)ccc1OC(=O)c1ccc(OC(C)(C)CC(C)(C)OC)cc1. The van der Waals surface area contributed by atoms with Gasteiger partial charge in [-0.25, -0.2) is 4.79 Å². The van der Waals surface area contributed by atoms with Crippen molar-refractivity contribution in [2.24, 2.45) is 0 Å². The van der Waals surface area contributed by atoms with Crippen LogP contribution in [-0.2, 0) is 4.74 Å². The Morgan fingerprint density at radius 1 is 0.966 bits per heavy atom. The molecule has 0 N–H and O–H groups in total. The first kappa shape index (κ1) is 22.5. The summed E-state index contributed by atoms with van der Waals surface area (Å²) in [5.41, 5.74) is 0.385. The minimum absolute atomic E-state index is 0.297. The van der Waals surface area contributed by atoms with Crippen LogP contribution in [-0.4, -0.2) is 31.4 Å².